The van der Waals surface area contributed by atoms with Crippen LogP contribution in [0.3, 0.4) is 0 Å². The van der Waals surface area contributed by atoms with Gasteiger partial charge < -0.3 is 25.0 Å². The lowest BCUT2D eigenvalue weighted by molar-refractivity contribution is -0.193. The van der Waals surface area contributed by atoms with Gasteiger partial charge >= 0.3 is 36.4 Å². The number of carboxylic acids is 3. The standard InChI is InChI=1S/C17H27N3O.3C2HF3O2/c1-19(2)13-16-6-3-7-17(21-16)8-10-20(14-17)12-15-5-4-9-18-11-15;3*3-2(4,5)1(6)7/h4-5,9,11,16H,3,6-8,10,12-14H2,1-2H3;3*(H,6,7)/t16-,17-;;;/m1.../s1. The summed E-state index contributed by atoms with van der Waals surface area (Å²) < 4.78 is 102. The Hall–Kier alpha value is -3.19. The molecule has 3 N–H and O–H groups in total. The Morgan fingerprint density at radius 3 is 1.81 bits per heavy atom. The van der Waals surface area contributed by atoms with Gasteiger partial charge in [-0.1, -0.05) is 6.07 Å². The zero-order valence-corrected chi connectivity index (χ0v) is 22.3. The van der Waals surface area contributed by atoms with Gasteiger partial charge in [-0.3, -0.25) is 9.88 Å². The molecule has 1 aromatic rings. The van der Waals surface area contributed by atoms with E-state index in [0.29, 0.717) is 6.10 Å². The average molecular weight is 631 g/mol. The third-order valence-electron chi connectivity index (χ3n) is 5.40. The Labute approximate surface area is 233 Å². The van der Waals surface area contributed by atoms with Crippen molar-refractivity contribution in [2.24, 2.45) is 0 Å². The summed E-state index contributed by atoms with van der Waals surface area (Å²) in [5.41, 5.74) is 1.41. The van der Waals surface area contributed by atoms with E-state index in [2.05, 4.69) is 34.9 Å². The topological polar surface area (TPSA) is 140 Å². The Morgan fingerprint density at radius 1 is 0.952 bits per heavy atom. The number of hydrogen-bond donors (Lipinski definition) is 3. The van der Waals surface area contributed by atoms with Crippen molar-refractivity contribution in [3.8, 4) is 0 Å². The Morgan fingerprint density at radius 2 is 1.43 bits per heavy atom. The van der Waals surface area contributed by atoms with Gasteiger partial charge in [-0.25, -0.2) is 14.4 Å². The van der Waals surface area contributed by atoms with Crippen molar-refractivity contribution in [1.29, 1.82) is 0 Å². The first-order chi connectivity index (χ1) is 19.0. The fourth-order valence-electron chi connectivity index (χ4n) is 3.77. The molecule has 1 aromatic heterocycles. The van der Waals surface area contributed by atoms with E-state index < -0.39 is 36.4 Å². The molecule has 19 heteroatoms. The molecule has 2 atom stereocenters. The average Bonchev–Trinajstić information content (AvgIpc) is 3.19. The minimum absolute atomic E-state index is 0.112. The first-order valence-corrected chi connectivity index (χ1v) is 11.8. The molecule has 0 bridgehead atoms. The molecule has 242 valence electrons. The fourth-order valence-corrected chi connectivity index (χ4v) is 3.77. The monoisotopic (exact) mass is 631 g/mol. The number of aliphatic carboxylic acids is 3. The molecule has 0 unspecified atom stereocenters. The molecule has 0 saturated carbocycles. The van der Waals surface area contributed by atoms with Crippen molar-refractivity contribution in [3.05, 3.63) is 30.1 Å². The highest BCUT2D eigenvalue weighted by atomic mass is 19.4. The predicted octanol–water partition coefficient (Wildman–Crippen LogP) is 4.06. The highest BCUT2D eigenvalue weighted by Crippen LogP contribution is 2.37. The molecular formula is C23H30F9N3O7. The quantitative estimate of drug-likeness (QED) is 0.417. The normalized spacial score (nSPS) is 20.8. The van der Waals surface area contributed by atoms with E-state index in [9.17, 15) is 39.5 Å². The first-order valence-electron chi connectivity index (χ1n) is 11.8. The fraction of sp³-hybridized carbons (Fsp3) is 0.652. The van der Waals surface area contributed by atoms with E-state index >= 15 is 0 Å². The highest BCUT2D eigenvalue weighted by molar-refractivity contribution is 5.73. The molecule has 0 aromatic carbocycles. The molecule has 0 amide bonds. The summed E-state index contributed by atoms with van der Waals surface area (Å²) >= 11 is 0. The van der Waals surface area contributed by atoms with Crippen molar-refractivity contribution < 1.29 is 74.0 Å². The number of carbonyl (C=O) groups is 3. The second kappa shape index (κ2) is 16.4. The highest BCUT2D eigenvalue weighted by Gasteiger charge is 2.43. The number of carboxylic acid groups (broad SMARTS) is 3. The molecule has 3 rings (SSSR count). The number of hydrogen-bond acceptors (Lipinski definition) is 7. The summed E-state index contributed by atoms with van der Waals surface area (Å²) in [6.07, 6.45) is -6.11. The van der Waals surface area contributed by atoms with Crippen LogP contribution in [0.2, 0.25) is 0 Å². The van der Waals surface area contributed by atoms with Gasteiger partial charge in [-0.2, -0.15) is 39.5 Å². The van der Waals surface area contributed by atoms with Crippen molar-refractivity contribution in [2.45, 2.75) is 62.5 Å². The predicted molar refractivity (Wildman–Crippen MR) is 125 cm³/mol. The van der Waals surface area contributed by atoms with Crippen LogP contribution in [0.15, 0.2) is 24.5 Å². The largest absolute Gasteiger partial charge is 0.490 e. The summed E-state index contributed by atoms with van der Waals surface area (Å²) in [7, 11) is 4.27. The van der Waals surface area contributed by atoms with Crippen LogP contribution in [0.4, 0.5) is 39.5 Å². The van der Waals surface area contributed by atoms with Crippen molar-refractivity contribution >= 4 is 17.9 Å². The number of aromatic nitrogens is 1. The number of nitrogens with zero attached hydrogens (tertiary/aromatic N) is 3. The minimum Gasteiger partial charge on any atom is -0.475 e. The molecule has 2 aliphatic heterocycles. The lowest BCUT2D eigenvalue weighted by atomic mass is 9.90. The zero-order valence-electron chi connectivity index (χ0n) is 22.3. The molecule has 3 heterocycles. The van der Waals surface area contributed by atoms with Crippen LogP contribution < -0.4 is 0 Å². The molecule has 2 fully saturated rings. The molecule has 2 aliphatic rings. The van der Waals surface area contributed by atoms with Gasteiger partial charge in [-0.05, 0) is 51.4 Å². The van der Waals surface area contributed by atoms with Gasteiger partial charge in [-0.15, -0.1) is 0 Å². The molecule has 0 radical (unpaired) electrons. The number of alkyl halides is 9. The number of rotatable bonds is 4. The second-order valence-electron chi connectivity index (χ2n) is 9.31. The van der Waals surface area contributed by atoms with Crippen LogP contribution in [0.25, 0.3) is 0 Å². The second-order valence-corrected chi connectivity index (χ2v) is 9.31. The molecule has 2 saturated heterocycles. The van der Waals surface area contributed by atoms with E-state index in [4.69, 9.17) is 34.4 Å². The van der Waals surface area contributed by atoms with Crippen molar-refractivity contribution in [3.63, 3.8) is 0 Å². The van der Waals surface area contributed by atoms with E-state index in [1.54, 1.807) is 0 Å². The van der Waals surface area contributed by atoms with E-state index in [0.717, 1.165) is 26.2 Å². The Balaban J connectivity index is 0.000000660. The van der Waals surface area contributed by atoms with Gasteiger partial charge in [0.25, 0.3) is 0 Å². The summed E-state index contributed by atoms with van der Waals surface area (Å²) in [6.45, 7) is 4.26. The number of likely N-dealkylation sites (N-methyl/N-ethyl adjacent to an activating group) is 1. The smallest absolute Gasteiger partial charge is 0.475 e. The zero-order chi connectivity index (χ0) is 32.9. The van der Waals surface area contributed by atoms with Crippen LogP contribution >= 0.6 is 0 Å². The molecule has 1 spiro atoms. The maximum atomic E-state index is 10.6. The van der Waals surface area contributed by atoms with Gasteiger partial charge in [0.2, 0.25) is 0 Å². The van der Waals surface area contributed by atoms with Gasteiger partial charge in [0.05, 0.1) is 11.7 Å². The molecule has 10 nitrogen and oxygen atoms in total. The maximum absolute atomic E-state index is 10.6. The van der Waals surface area contributed by atoms with Crippen molar-refractivity contribution in [1.82, 2.24) is 14.8 Å². The molecular weight excluding hydrogens is 601 g/mol. The SMILES string of the molecule is CN(C)C[C@H]1CCC[C@]2(CCN(Cc3cccnc3)C2)O1.O=C(O)C(F)(F)F.O=C(O)C(F)(F)F.O=C(O)C(F)(F)F. The number of likely N-dealkylation sites (tertiary alicyclic amines) is 1. The van der Waals surface area contributed by atoms with Crippen LogP contribution in [0, 0.1) is 0 Å². The third-order valence-corrected chi connectivity index (χ3v) is 5.40. The summed E-state index contributed by atoms with van der Waals surface area (Å²) in [4.78, 5) is 35.7. The van der Waals surface area contributed by atoms with Crippen molar-refractivity contribution in [2.75, 3.05) is 33.7 Å². The van der Waals surface area contributed by atoms with Crippen LogP contribution in [0.1, 0.15) is 31.2 Å². The Kier molecular flexibility index (Phi) is 15.2. The maximum Gasteiger partial charge on any atom is 0.490 e. The van der Waals surface area contributed by atoms with Gasteiger partial charge in [0.1, 0.15) is 0 Å². The molecule has 42 heavy (non-hydrogen) atoms. The van der Waals surface area contributed by atoms with E-state index in [1.807, 2.05) is 18.5 Å². The summed E-state index contributed by atoms with van der Waals surface area (Å²) in [6, 6.07) is 4.18. The third kappa shape index (κ3) is 16.3. The van der Waals surface area contributed by atoms with Crippen LogP contribution in [-0.4, -0.2) is 112 Å². The summed E-state index contributed by atoms with van der Waals surface area (Å²) in [5, 5.41) is 21.4. The van der Waals surface area contributed by atoms with Crippen LogP contribution in [-0.2, 0) is 25.7 Å². The van der Waals surface area contributed by atoms with Gasteiger partial charge in [0.15, 0.2) is 0 Å². The number of halogens is 9. The number of pyridine rings is 1. The lowest BCUT2D eigenvalue weighted by Crippen LogP contribution is -2.45. The van der Waals surface area contributed by atoms with E-state index in [1.165, 1.54) is 31.2 Å². The van der Waals surface area contributed by atoms with Gasteiger partial charge in [0, 0.05) is 38.6 Å². The Bertz CT molecular complexity index is 933. The molecule has 0 aliphatic carbocycles. The lowest BCUT2D eigenvalue weighted by Gasteiger charge is -2.39. The minimum atomic E-state index is -5.08. The first kappa shape index (κ1) is 38.8. The summed E-state index contributed by atoms with van der Waals surface area (Å²) in [5.74, 6) is -8.27. The van der Waals surface area contributed by atoms with E-state index in [-0.39, 0.29) is 5.60 Å². The number of ether oxygens (including phenoxy) is 1. The van der Waals surface area contributed by atoms with Crippen LogP contribution in [0.5, 0.6) is 0 Å².